The number of amides is 3. The van der Waals surface area contributed by atoms with Crippen LogP contribution in [0.25, 0.3) is 5.57 Å². The van der Waals surface area contributed by atoms with E-state index in [9.17, 15) is 29.4 Å². The van der Waals surface area contributed by atoms with Crippen molar-refractivity contribution < 1.29 is 34.1 Å². The number of thiazole rings is 1. The number of allylic oxidation sites excluding steroid dienone is 1. The van der Waals surface area contributed by atoms with Crippen LogP contribution in [0.3, 0.4) is 0 Å². The van der Waals surface area contributed by atoms with Gasteiger partial charge in [-0.05, 0) is 45.6 Å². The van der Waals surface area contributed by atoms with Gasteiger partial charge in [0.05, 0.1) is 23.9 Å². The molecule has 3 amide bonds. The Morgan fingerprint density at radius 3 is 2.65 bits per heavy atom. The maximum Gasteiger partial charge on any atom is 0.413 e. The third-order valence-electron chi connectivity index (χ3n) is 5.26. The van der Waals surface area contributed by atoms with Gasteiger partial charge in [-0.25, -0.2) is 14.6 Å². The van der Waals surface area contributed by atoms with E-state index in [1.54, 1.807) is 32.2 Å². The average molecular weight is 493 g/mol. The standard InChI is InChI=1S/C22H28N4O7S/c1-5-6-12(13-10-34-20(23-13)25-21(32)33-22(2,3)4)17(28)24-15-14-8-7-11(9-27)16(19(30)31)26(14)18(15)29/h6,10,14-15,27H,5,7-9H2,1-4H3,(H,24,28)(H,30,31)(H,23,25,32)/b12-6-/t14-,15+/m1/s1. The van der Waals surface area contributed by atoms with Crippen LogP contribution in [-0.4, -0.2) is 68.3 Å². The van der Waals surface area contributed by atoms with Gasteiger partial charge in [-0.2, -0.15) is 0 Å². The Labute approximate surface area is 200 Å². The summed E-state index contributed by atoms with van der Waals surface area (Å²) >= 11 is 1.12. The molecule has 0 unspecified atom stereocenters. The molecule has 2 atom stereocenters. The molecular formula is C22H28N4O7S. The fraction of sp³-hybridized carbons (Fsp3) is 0.500. The number of hydrogen-bond donors (Lipinski definition) is 4. The van der Waals surface area contributed by atoms with Crippen molar-refractivity contribution in [1.29, 1.82) is 0 Å². The highest BCUT2D eigenvalue weighted by Crippen LogP contribution is 2.37. The number of aromatic nitrogens is 1. The van der Waals surface area contributed by atoms with Gasteiger partial charge in [-0.3, -0.25) is 19.8 Å². The predicted octanol–water partition coefficient (Wildman–Crippen LogP) is 2.10. The number of β-lactam (4-membered cyclic amide) rings is 1. The molecule has 1 saturated heterocycles. The minimum absolute atomic E-state index is 0.212. The molecule has 12 heteroatoms. The number of hydrogen-bond acceptors (Lipinski definition) is 8. The molecule has 0 aromatic carbocycles. The van der Waals surface area contributed by atoms with E-state index < -0.39 is 48.2 Å². The van der Waals surface area contributed by atoms with Crippen molar-refractivity contribution in [2.45, 2.75) is 64.6 Å². The molecule has 0 aliphatic carbocycles. The van der Waals surface area contributed by atoms with Crippen molar-refractivity contribution in [3.05, 3.63) is 28.4 Å². The lowest BCUT2D eigenvalue weighted by Gasteiger charge is -2.50. The molecular weight excluding hydrogens is 464 g/mol. The van der Waals surface area contributed by atoms with Gasteiger partial charge >= 0.3 is 12.1 Å². The van der Waals surface area contributed by atoms with Crippen LogP contribution in [0.15, 0.2) is 22.7 Å². The third kappa shape index (κ3) is 5.28. The Morgan fingerprint density at radius 2 is 2.06 bits per heavy atom. The molecule has 2 aliphatic heterocycles. The first-order valence-electron chi connectivity index (χ1n) is 10.8. The summed E-state index contributed by atoms with van der Waals surface area (Å²) in [5.74, 6) is -2.35. The zero-order valence-electron chi connectivity index (χ0n) is 19.4. The lowest BCUT2D eigenvalue weighted by Crippen LogP contribution is -2.71. The molecule has 2 aliphatic rings. The lowest BCUT2D eigenvalue weighted by atomic mass is 9.83. The van der Waals surface area contributed by atoms with Gasteiger partial charge in [0.2, 0.25) is 0 Å². The number of aliphatic carboxylic acids is 1. The average Bonchev–Trinajstić information content (AvgIpc) is 3.20. The molecule has 3 rings (SSSR count). The summed E-state index contributed by atoms with van der Waals surface area (Å²) in [6.45, 7) is 6.61. The second-order valence-corrected chi connectivity index (χ2v) is 9.73. The van der Waals surface area contributed by atoms with Crippen molar-refractivity contribution >= 4 is 45.9 Å². The number of carbonyl (C=O) groups is 4. The number of anilines is 1. The smallest absolute Gasteiger partial charge is 0.413 e. The zero-order valence-corrected chi connectivity index (χ0v) is 20.2. The first kappa shape index (κ1) is 25.4. The van der Waals surface area contributed by atoms with E-state index in [4.69, 9.17) is 4.74 Å². The van der Waals surface area contributed by atoms with Crippen LogP contribution in [0.2, 0.25) is 0 Å². The largest absolute Gasteiger partial charge is 0.477 e. The monoisotopic (exact) mass is 492 g/mol. The Morgan fingerprint density at radius 1 is 1.35 bits per heavy atom. The number of rotatable bonds is 7. The molecule has 0 saturated carbocycles. The predicted molar refractivity (Wildman–Crippen MR) is 124 cm³/mol. The number of aliphatic hydroxyl groups is 1. The second kappa shape index (κ2) is 9.94. The molecule has 0 spiro atoms. The number of ether oxygens (including phenoxy) is 1. The van der Waals surface area contributed by atoms with Gasteiger partial charge in [-0.15, -0.1) is 11.3 Å². The minimum Gasteiger partial charge on any atom is -0.477 e. The van der Waals surface area contributed by atoms with Crippen LogP contribution >= 0.6 is 11.3 Å². The van der Waals surface area contributed by atoms with E-state index in [0.29, 0.717) is 30.5 Å². The Kier molecular flexibility index (Phi) is 7.41. The van der Waals surface area contributed by atoms with E-state index in [2.05, 4.69) is 15.6 Å². The molecule has 4 N–H and O–H groups in total. The number of fused-ring (bicyclic) bond motifs is 1. The topological polar surface area (TPSA) is 158 Å². The summed E-state index contributed by atoms with van der Waals surface area (Å²) in [6, 6.07) is -1.37. The van der Waals surface area contributed by atoms with Gasteiger partial charge in [0.1, 0.15) is 17.3 Å². The van der Waals surface area contributed by atoms with E-state index in [1.165, 1.54) is 0 Å². The minimum atomic E-state index is -1.29. The first-order valence-corrected chi connectivity index (χ1v) is 11.7. The molecule has 3 heterocycles. The summed E-state index contributed by atoms with van der Waals surface area (Å²) in [7, 11) is 0. The Bertz CT molecular complexity index is 1070. The second-order valence-electron chi connectivity index (χ2n) is 8.87. The molecule has 1 aromatic heterocycles. The summed E-state index contributed by atoms with van der Waals surface area (Å²) in [5.41, 5.74) is -0.0240. The van der Waals surface area contributed by atoms with E-state index in [-0.39, 0.29) is 16.4 Å². The van der Waals surface area contributed by atoms with Gasteiger partial charge < -0.3 is 20.3 Å². The van der Waals surface area contributed by atoms with E-state index in [1.807, 2.05) is 6.92 Å². The third-order valence-corrected chi connectivity index (χ3v) is 6.02. The molecule has 0 bridgehead atoms. The summed E-state index contributed by atoms with van der Waals surface area (Å²) < 4.78 is 5.20. The molecule has 1 fully saturated rings. The lowest BCUT2D eigenvalue weighted by molar-refractivity contribution is -0.155. The van der Waals surface area contributed by atoms with Crippen molar-refractivity contribution in [3.63, 3.8) is 0 Å². The Hall–Kier alpha value is -3.25. The highest BCUT2D eigenvalue weighted by Gasteiger charge is 2.53. The van der Waals surface area contributed by atoms with Crippen molar-refractivity contribution in [3.8, 4) is 0 Å². The number of carboxylic acid groups (broad SMARTS) is 1. The highest BCUT2D eigenvalue weighted by molar-refractivity contribution is 7.14. The molecule has 11 nitrogen and oxygen atoms in total. The number of aliphatic hydroxyl groups excluding tert-OH is 1. The number of nitrogens with zero attached hydrogens (tertiary/aromatic N) is 2. The van der Waals surface area contributed by atoms with Gasteiger partial charge in [0.25, 0.3) is 11.8 Å². The van der Waals surface area contributed by atoms with Crippen LogP contribution in [0.4, 0.5) is 9.93 Å². The summed E-state index contributed by atoms with van der Waals surface area (Å²) in [4.78, 5) is 54.8. The molecule has 1 aromatic rings. The van der Waals surface area contributed by atoms with Crippen LogP contribution < -0.4 is 10.6 Å². The molecule has 184 valence electrons. The number of carboxylic acids is 1. The van der Waals surface area contributed by atoms with Crippen LogP contribution in [-0.2, 0) is 19.1 Å². The molecule has 0 radical (unpaired) electrons. The Balaban J connectivity index is 1.72. The maximum atomic E-state index is 13.0. The highest BCUT2D eigenvalue weighted by atomic mass is 32.1. The van der Waals surface area contributed by atoms with Crippen molar-refractivity contribution in [1.82, 2.24) is 15.2 Å². The SMILES string of the molecule is CC/C=C(\C(=O)N[C@@H]1C(=O)N2C(C(=O)O)=C(CO)CC[C@H]12)c1csc(NC(=O)OC(C)(C)C)n1. The van der Waals surface area contributed by atoms with E-state index >= 15 is 0 Å². The van der Waals surface area contributed by atoms with Crippen molar-refractivity contribution in [2.24, 2.45) is 0 Å². The fourth-order valence-corrected chi connectivity index (χ4v) is 4.57. The van der Waals surface area contributed by atoms with Gasteiger partial charge in [-0.1, -0.05) is 13.0 Å². The number of nitrogens with one attached hydrogen (secondary N) is 2. The summed E-state index contributed by atoms with van der Waals surface area (Å²) in [5, 5.41) is 26.0. The van der Waals surface area contributed by atoms with Gasteiger partial charge in [0, 0.05) is 5.38 Å². The van der Waals surface area contributed by atoms with Crippen LogP contribution in [0.1, 0.15) is 52.7 Å². The molecule has 34 heavy (non-hydrogen) atoms. The zero-order chi connectivity index (χ0) is 25.2. The van der Waals surface area contributed by atoms with Crippen LogP contribution in [0, 0.1) is 0 Å². The quantitative estimate of drug-likeness (QED) is 0.333. The maximum absolute atomic E-state index is 13.0. The van der Waals surface area contributed by atoms with Crippen LogP contribution in [0.5, 0.6) is 0 Å². The van der Waals surface area contributed by atoms with Crippen molar-refractivity contribution in [2.75, 3.05) is 11.9 Å². The summed E-state index contributed by atoms with van der Waals surface area (Å²) in [6.07, 6.45) is 2.27. The first-order chi connectivity index (χ1) is 16.0. The fourth-order valence-electron chi connectivity index (χ4n) is 3.88. The van der Waals surface area contributed by atoms with Gasteiger partial charge in [0.15, 0.2) is 5.13 Å². The number of carbonyl (C=O) groups excluding carboxylic acids is 3. The van der Waals surface area contributed by atoms with E-state index in [0.717, 1.165) is 16.2 Å². The normalized spacial score (nSPS) is 20.4.